The lowest BCUT2D eigenvalue weighted by Crippen LogP contribution is -1.97. The average molecular weight is 306 g/mol. The van der Waals surface area contributed by atoms with E-state index in [2.05, 4.69) is 20.9 Å². The summed E-state index contributed by atoms with van der Waals surface area (Å²) in [5.74, 6) is -0.568. The zero-order chi connectivity index (χ0) is 11.0. The summed E-state index contributed by atoms with van der Waals surface area (Å²) in [5.41, 5.74) is 0.0619. The van der Waals surface area contributed by atoms with E-state index < -0.39 is 5.97 Å². The van der Waals surface area contributed by atoms with Crippen molar-refractivity contribution in [1.82, 2.24) is 4.98 Å². The first-order valence-electron chi connectivity index (χ1n) is 3.80. The Morgan fingerprint density at radius 3 is 2.87 bits per heavy atom. The van der Waals surface area contributed by atoms with Crippen LogP contribution in [0.2, 0.25) is 0 Å². The molecule has 0 aliphatic heterocycles. The van der Waals surface area contributed by atoms with Gasteiger partial charge in [-0.25, -0.2) is 4.79 Å². The first kappa shape index (κ1) is 10.6. The highest BCUT2D eigenvalue weighted by Gasteiger charge is 2.17. The van der Waals surface area contributed by atoms with Crippen molar-refractivity contribution in [2.45, 2.75) is 0 Å². The number of carboxylic acid groups (broad SMARTS) is 1. The molecule has 2 heterocycles. The number of rotatable bonds is 2. The molecule has 78 valence electrons. The van der Waals surface area contributed by atoms with Crippen molar-refractivity contribution in [3.8, 4) is 10.6 Å². The van der Waals surface area contributed by atoms with E-state index in [9.17, 15) is 4.79 Å². The van der Waals surface area contributed by atoms with Crippen LogP contribution in [0.15, 0.2) is 21.2 Å². The fourth-order valence-corrected chi connectivity index (χ4v) is 2.54. The second-order valence-corrected chi connectivity index (χ2v) is 5.10. The minimum atomic E-state index is -1.05. The van der Waals surface area contributed by atoms with Gasteiger partial charge in [0.2, 0.25) is 0 Å². The molecule has 2 rings (SSSR count). The lowest BCUT2D eigenvalue weighted by Gasteiger charge is -1.93. The van der Waals surface area contributed by atoms with Gasteiger partial charge in [0.05, 0.1) is 0 Å². The number of hydrogen-bond acceptors (Lipinski definition) is 4. The number of carbonyl (C=O) groups is 1. The molecule has 0 aliphatic carbocycles. The Hall–Kier alpha value is -0.920. The third-order valence-electron chi connectivity index (χ3n) is 1.66. The molecule has 0 atom stereocenters. The molecule has 2 aromatic heterocycles. The molecule has 0 radical (unpaired) electrons. The molecule has 0 amide bonds. The van der Waals surface area contributed by atoms with Crippen LogP contribution in [0.5, 0.6) is 0 Å². The van der Waals surface area contributed by atoms with Gasteiger partial charge in [0.15, 0.2) is 8.62 Å². The summed E-state index contributed by atoms with van der Waals surface area (Å²) >= 11 is 9.22. The van der Waals surface area contributed by atoms with E-state index in [0.717, 1.165) is 0 Å². The Balaban J connectivity index is 2.61. The normalized spacial score (nSPS) is 10.5. The summed E-state index contributed by atoms with van der Waals surface area (Å²) in [4.78, 5) is 14.0. The molecule has 0 aromatic carbocycles. The molecule has 0 spiro atoms. The van der Waals surface area contributed by atoms with Gasteiger partial charge in [-0.2, -0.15) is 0 Å². The van der Waals surface area contributed by atoms with E-state index >= 15 is 0 Å². The lowest BCUT2D eigenvalue weighted by atomic mass is 10.3. The van der Waals surface area contributed by atoms with Crippen LogP contribution in [0.1, 0.15) is 10.5 Å². The molecular weight excluding hydrogens is 302 g/mol. The number of nitrogens with one attached hydrogen (secondary N) is 1. The quantitative estimate of drug-likeness (QED) is 0.833. The minimum absolute atomic E-state index is 0.0619. The topological polar surface area (TPSA) is 66.2 Å². The molecule has 2 aromatic rings. The van der Waals surface area contributed by atoms with Gasteiger partial charge in [-0.15, -0.1) is 11.3 Å². The predicted molar refractivity (Wildman–Crippen MR) is 61.9 cm³/mol. The van der Waals surface area contributed by atoms with E-state index in [1.54, 1.807) is 12.1 Å². The maximum Gasteiger partial charge on any atom is 0.353 e. The van der Waals surface area contributed by atoms with Crippen LogP contribution in [-0.4, -0.2) is 16.1 Å². The molecule has 0 saturated carbocycles. The van der Waals surface area contributed by atoms with Gasteiger partial charge in [0.1, 0.15) is 16.3 Å². The Morgan fingerprint density at radius 1 is 1.60 bits per heavy atom. The number of aromatic nitrogens is 1. The number of thiazole rings is 1. The average Bonchev–Trinajstić information content (AvgIpc) is 2.71. The highest BCUT2D eigenvalue weighted by atomic mass is 79.9. The van der Waals surface area contributed by atoms with Crippen LogP contribution in [0.3, 0.4) is 0 Å². The van der Waals surface area contributed by atoms with Crippen molar-refractivity contribution < 1.29 is 14.3 Å². The van der Waals surface area contributed by atoms with Gasteiger partial charge in [-0.1, -0.05) is 0 Å². The number of H-pyrrole nitrogens is 1. The number of furan rings is 1. The molecule has 0 bridgehead atoms. The second-order valence-electron chi connectivity index (χ2n) is 2.63. The number of aromatic amines is 1. The number of halogens is 1. The Bertz CT molecular complexity index is 568. The molecule has 0 aliphatic rings. The van der Waals surface area contributed by atoms with Crippen molar-refractivity contribution in [1.29, 1.82) is 0 Å². The summed E-state index contributed by atoms with van der Waals surface area (Å²) in [7, 11) is 0. The van der Waals surface area contributed by atoms with E-state index in [-0.39, 0.29) is 5.69 Å². The maximum absolute atomic E-state index is 10.9. The molecule has 4 nitrogen and oxygen atoms in total. The highest BCUT2D eigenvalue weighted by Crippen LogP contribution is 2.31. The van der Waals surface area contributed by atoms with Gasteiger partial charge in [0.25, 0.3) is 0 Å². The van der Waals surface area contributed by atoms with E-state index in [0.29, 0.717) is 19.3 Å². The van der Waals surface area contributed by atoms with Gasteiger partial charge in [-0.05, 0) is 40.3 Å². The zero-order valence-corrected chi connectivity index (χ0v) is 10.3. The lowest BCUT2D eigenvalue weighted by molar-refractivity contribution is 0.0692. The standard InChI is InChI=1S/C8H4BrNO3S2/c9-4-2-1-3(13-4)6-5(7(11)12)10-8(14)15-6/h1-2H,(H,10,14)(H,11,12). The Morgan fingerprint density at radius 2 is 2.33 bits per heavy atom. The molecule has 7 heteroatoms. The number of aromatic carboxylic acids is 1. The smallest absolute Gasteiger partial charge is 0.353 e. The first-order chi connectivity index (χ1) is 7.08. The molecular formula is C8H4BrNO3S2. The fraction of sp³-hybridized carbons (Fsp3) is 0. The van der Waals surface area contributed by atoms with Crippen LogP contribution in [0.25, 0.3) is 10.6 Å². The van der Waals surface area contributed by atoms with Gasteiger partial charge in [0, 0.05) is 0 Å². The van der Waals surface area contributed by atoms with Gasteiger partial charge in [-0.3, -0.25) is 0 Å². The molecule has 0 saturated heterocycles. The van der Waals surface area contributed by atoms with E-state index in [1.165, 1.54) is 11.3 Å². The summed E-state index contributed by atoms with van der Waals surface area (Å²) in [6.45, 7) is 0. The van der Waals surface area contributed by atoms with Crippen molar-refractivity contribution in [3.63, 3.8) is 0 Å². The monoisotopic (exact) mass is 305 g/mol. The molecule has 0 fully saturated rings. The van der Waals surface area contributed by atoms with Crippen molar-refractivity contribution in [3.05, 3.63) is 26.5 Å². The van der Waals surface area contributed by atoms with Crippen LogP contribution < -0.4 is 0 Å². The van der Waals surface area contributed by atoms with Crippen molar-refractivity contribution in [2.24, 2.45) is 0 Å². The third-order valence-corrected chi connectivity index (χ3v) is 3.33. The zero-order valence-electron chi connectivity index (χ0n) is 7.11. The SMILES string of the molecule is O=C(O)c1[nH]c(=S)sc1-c1ccc(Br)o1. The van der Waals surface area contributed by atoms with E-state index in [4.69, 9.17) is 21.7 Å². The molecule has 2 N–H and O–H groups in total. The third kappa shape index (κ3) is 2.04. The number of hydrogen-bond donors (Lipinski definition) is 2. The summed E-state index contributed by atoms with van der Waals surface area (Å²) in [6, 6.07) is 3.38. The van der Waals surface area contributed by atoms with Crippen LogP contribution >= 0.6 is 39.5 Å². The van der Waals surface area contributed by atoms with Crippen LogP contribution in [0.4, 0.5) is 0 Å². The highest BCUT2D eigenvalue weighted by molar-refractivity contribution is 9.10. The van der Waals surface area contributed by atoms with Crippen molar-refractivity contribution in [2.75, 3.05) is 0 Å². The second kappa shape index (κ2) is 3.92. The summed E-state index contributed by atoms with van der Waals surface area (Å²) in [6.07, 6.45) is 0. The number of carboxylic acids is 1. The first-order valence-corrected chi connectivity index (χ1v) is 5.82. The van der Waals surface area contributed by atoms with Crippen molar-refractivity contribution >= 4 is 45.5 Å². The Kier molecular flexibility index (Phi) is 2.76. The Labute approximate surface area is 102 Å². The maximum atomic E-state index is 10.9. The van der Waals surface area contributed by atoms with Gasteiger partial charge >= 0.3 is 5.97 Å². The predicted octanol–water partition coefficient (Wildman–Crippen LogP) is 3.53. The van der Waals surface area contributed by atoms with Crippen LogP contribution in [0, 0.1) is 3.95 Å². The van der Waals surface area contributed by atoms with Gasteiger partial charge < -0.3 is 14.5 Å². The summed E-state index contributed by atoms with van der Waals surface area (Å²) < 4.78 is 6.23. The molecule has 15 heavy (non-hydrogen) atoms. The van der Waals surface area contributed by atoms with Crippen LogP contribution in [-0.2, 0) is 0 Å². The minimum Gasteiger partial charge on any atom is -0.477 e. The molecule has 0 unspecified atom stereocenters. The summed E-state index contributed by atoms with van der Waals surface area (Å²) in [5, 5.41) is 8.92. The largest absolute Gasteiger partial charge is 0.477 e. The van der Waals surface area contributed by atoms with E-state index in [1.807, 2.05) is 0 Å². The fourth-order valence-electron chi connectivity index (χ4n) is 1.09.